The summed E-state index contributed by atoms with van der Waals surface area (Å²) in [6.07, 6.45) is -0.453. The van der Waals surface area contributed by atoms with Crippen molar-refractivity contribution in [3.8, 4) is 0 Å². The standard InChI is InChI=1S/C15H24N2O3/c1-11(10-19-5)16-12-6-8-13(9-7-12)17-14(18)20-15(2,3)4/h6-9,11,16H,10H2,1-5H3,(H,17,18). The van der Waals surface area contributed by atoms with Crippen LogP contribution in [0.25, 0.3) is 0 Å². The lowest BCUT2D eigenvalue weighted by Crippen LogP contribution is -2.27. The van der Waals surface area contributed by atoms with Gasteiger partial charge in [0.05, 0.1) is 6.61 Å². The van der Waals surface area contributed by atoms with E-state index < -0.39 is 11.7 Å². The first-order valence-corrected chi connectivity index (χ1v) is 6.65. The predicted molar refractivity (Wildman–Crippen MR) is 81.3 cm³/mol. The van der Waals surface area contributed by atoms with Crippen molar-refractivity contribution in [1.82, 2.24) is 0 Å². The molecular formula is C15H24N2O3. The summed E-state index contributed by atoms with van der Waals surface area (Å²) in [4.78, 5) is 11.6. The van der Waals surface area contributed by atoms with Crippen molar-refractivity contribution in [2.75, 3.05) is 24.4 Å². The molecule has 1 unspecified atom stereocenters. The molecule has 0 aliphatic heterocycles. The fourth-order valence-corrected chi connectivity index (χ4v) is 1.65. The molecule has 1 aromatic rings. The third-order valence-electron chi connectivity index (χ3n) is 2.36. The number of methoxy groups -OCH3 is 1. The van der Waals surface area contributed by atoms with Gasteiger partial charge in [-0.05, 0) is 52.0 Å². The zero-order chi connectivity index (χ0) is 15.2. The average molecular weight is 280 g/mol. The van der Waals surface area contributed by atoms with Gasteiger partial charge in [-0.25, -0.2) is 4.79 Å². The molecule has 1 atom stereocenters. The number of ether oxygens (including phenoxy) is 2. The molecule has 5 heteroatoms. The normalized spacial score (nSPS) is 12.7. The molecule has 0 saturated heterocycles. The molecular weight excluding hydrogens is 256 g/mol. The van der Waals surface area contributed by atoms with Crippen LogP contribution in [0.5, 0.6) is 0 Å². The van der Waals surface area contributed by atoms with E-state index in [9.17, 15) is 4.79 Å². The van der Waals surface area contributed by atoms with Gasteiger partial charge in [-0.3, -0.25) is 5.32 Å². The maximum Gasteiger partial charge on any atom is 0.412 e. The number of rotatable bonds is 5. The molecule has 1 aromatic carbocycles. The quantitative estimate of drug-likeness (QED) is 0.867. The summed E-state index contributed by atoms with van der Waals surface area (Å²) in [7, 11) is 1.67. The fraction of sp³-hybridized carbons (Fsp3) is 0.533. The number of carbonyl (C=O) groups is 1. The maximum absolute atomic E-state index is 11.6. The zero-order valence-electron chi connectivity index (χ0n) is 12.8. The molecule has 0 bridgehead atoms. The smallest absolute Gasteiger partial charge is 0.412 e. The SMILES string of the molecule is COCC(C)Nc1ccc(NC(=O)OC(C)(C)C)cc1. The second kappa shape index (κ2) is 7.14. The highest BCUT2D eigenvalue weighted by Crippen LogP contribution is 2.16. The van der Waals surface area contributed by atoms with Crippen LogP contribution in [0.4, 0.5) is 16.2 Å². The van der Waals surface area contributed by atoms with Crippen LogP contribution in [0.1, 0.15) is 27.7 Å². The molecule has 0 aliphatic carbocycles. The van der Waals surface area contributed by atoms with E-state index in [4.69, 9.17) is 9.47 Å². The van der Waals surface area contributed by atoms with Gasteiger partial charge in [0.1, 0.15) is 5.60 Å². The Morgan fingerprint density at radius 3 is 2.25 bits per heavy atom. The molecule has 0 aromatic heterocycles. The molecule has 5 nitrogen and oxygen atoms in total. The molecule has 1 amide bonds. The first-order valence-electron chi connectivity index (χ1n) is 6.65. The summed E-state index contributed by atoms with van der Waals surface area (Å²) in [6, 6.07) is 7.68. The van der Waals surface area contributed by atoms with Gasteiger partial charge in [0.25, 0.3) is 0 Å². The Hall–Kier alpha value is -1.75. The molecule has 2 N–H and O–H groups in total. The molecule has 1 rings (SSSR count). The van der Waals surface area contributed by atoms with E-state index >= 15 is 0 Å². The van der Waals surface area contributed by atoms with Gasteiger partial charge in [-0.2, -0.15) is 0 Å². The Morgan fingerprint density at radius 1 is 1.20 bits per heavy atom. The third-order valence-corrected chi connectivity index (χ3v) is 2.36. The minimum absolute atomic E-state index is 0.227. The first-order chi connectivity index (χ1) is 9.30. The van der Waals surface area contributed by atoms with E-state index in [1.54, 1.807) is 7.11 Å². The molecule has 0 aliphatic rings. The van der Waals surface area contributed by atoms with Crippen LogP contribution in [0.2, 0.25) is 0 Å². The second-order valence-corrected chi connectivity index (χ2v) is 5.70. The van der Waals surface area contributed by atoms with Crippen LogP contribution in [-0.4, -0.2) is 31.5 Å². The van der Waals surface area contributed by atoms with Gasteiger partial charge in [-0.15, -0.1) is 0 Å². The van der Waals surface area contributed by atoms with Crippen LogP contribution >= 0.6 is 0 Å². The number of hydrogen-bond acceptors (Lipinski definition) is 4. The Balaban J connectivity index is 2.52. The number of amides is 1. The minimum Gasteiger partial charge on any atom is -0.444 e. The monoisotopic (exact) mass is 280 g/mol. The van der Waals surface area contributed by atoms with Gasteiger partial charge in [-0.1, -0.05) is 0 Å². The predicted octanol–water partition coefficient (Wildman–Crippen LogP) is 3.48. The lowest BCUT2D eigenvalue weighted by atomic mass is 10.2. The van der Waals surface area contributed by atoms with Gasteiger partial charge in [0, 0.05) is 24.5 Å². The van der Waals surface area contributed by atoms with Crippen molar-refractivity contribution in [3.63, 3.8) is 0 Å². The molecule has 0 saturated carbocycles. The summed E-state index contributed by atoms with van der Waals surface area (Å²) in [6.45, 7) is 8.17. The second-order valence-electron chi connectivity index (χ2n) is 5.70. The topological polar surface area (TPSA) is 59.6 Å². The van der Waals surface area contributed by atoms with Crippen molar-refractivity contribution in [2.45, 2.75) is 39.3 Å². The number of hydrogen-bond donors (Lipinski definition) is 2. The highest BCUT2D eigenvalue weighted by atomic mass is 16.6. The molecule has 112 valence electrons. The summed E-state index contributed by atoms with van der Waals surface area (Å²) in [5.74, 6) is 0. The summed E-state index contributed by atoms with van der Waals surface area (Å²) >= 11 is 0. The highest BCUT2D eigenvalue weighted by Gasteiger charge is 2.16. The van der Waals surface area contributed by atoms with Crippen molar-refractivity contribution >= 4 is 17.5 Å². The molecule has 0 heterocycles. The van der Waals surface area contributed by atoms with Gasteiger partial charge < -0.3 is 14.8 Å². The summed E-state index contributed by atoms with van der Waals surface area (Å²) in [5.41, 5.74) is 1.18. The molecule has 20 heavy (non-hydrogen) atoms. The number of anilines is 2. The van der Waals surface area contributed by atoms with E-state index in [0.717, 1.165) is 5.69 Å². The summed E-state index contributed by atoms with van der Waals surface area (Å²) < 4.78 is 10.2. The van der Waals surface area contributed by atoms with Crippen LogP contribution < -0.4 is 10.6 Å². The van der Waals surface area contributed by atoms with E-state index in [1.165, 1.54) is 0 Å². The van der Waals surface area contributed by atoms with Gasteiger partial charge >= 0.3 is 6.09 Å². The largest absolute Gasteiger partial charge is 0.444 e. The average Bonchev–Trinajstić information content (AvgIpc) is 2.29. The Labute approximate surface area is 120 Å². The van der Waals surface area contributed by atoms with Crippen LogP contribution in [0.15, 0.2) is 24.3 Å². The Morgan fingerprint density at radius 2 is 1.75 bits per heavy atom. The molecule has 0 radical (unpaired) electrons. The van der Waals surface area contributed by atoms with Gasteiger partial charge in [0.2, 0.25) is 0 Å². The minimum atomic E-state index is -0.499. The van der Waals surface area contributed by atoms with E-state index in [-0.39, 0.29) is 6.04 Å². The third kappa shape index (κ3) is 6.43. The van der Waals surface area contributed by atoms with Crippen molar-refractivity contribution in [2.24, 2.45) is 0 Å². The van der Waals surface area contributed by atoms with E-state index in [2.05, 4.69) is 10.6 Å². The Kier molecular flexibility index (Phi) is 5.82. The number of carbonyl (C=O) groups excluding carboxylic acids is 1. The summed E-state index contributed by atoms with van der Waals surface area (Å²) in [5, 5.41) is 5.98. The van der Waals surface area contributed by atoms with Crippen LogP contribution in [-0.2, 0) is 9.47 Å². The van der Waals surface area contributed by atoms with Crippen LogP contribution in [0.3, 0.4) is 0 Å². The van der Waals surface area contributed by atoms with Crippen molar-refractivity contribution in [3.05, 3.63) is 24.3 Å². The zero-order valence-corrected chi connectivity index (χ0v) is 12.8. The fourth-order valence-electron chi connectivity index (χ4n) is 1.65. The van der Waals surface area contributed by atoms with E-state index in [1.807, 2.05) is 52.0 Å². The lowest BCUT2D eigenvalue weighted by molar-refractivity contribution is 0.0636. The molecule has 0 fully saturated rings. The van der Waals surface area contributed by atoms with Gasteiger partial charge in [0.15, 0.2) is 0 Å². The Bertz CT molecular complexity index is 424. The number of benzene rings is 1. The van der Waals surface area contributed by atoms with E-state index in [0.29, 0.717) is 12.3 Å². The van der Waals surface area contributed by atoms with Crippen LogP contribution in [0, 0.1) is 0 Å². The number of nitrogens with one attached hydrogen (secondary N) is 2. The molecule has 0 spiro atoms. The first kappa shape index (κ1) is 16.3. The lowest BCUT2D eigenvalue weighted by Gasteiger charge is -2.20. The highest BCUT2D eigenvalue weighted by molar-refractivity contribution is 5.85. The maximum atomic E-state index is 11.6. The van der Waals surface area contributed by atoms with Crippen molar-refractivity contribution in [1.29, 1.82) is 0 Å². The van der Waals surface area contributed by atoms with Crippen molar-refractivity contribution < 1.29 is 14.3 Å².